The van der Waals surface area contributed by atoms with Crippen LogP contribution in [0.3, 0.4) is 0 Å². The van der Waals surface area contributed by atoms with Gasteiger partial charge in [0, 0.05) is 17.0 Å². The molecule has 4 nitrogen and oxygen atoms in total. The number of rotatable bonds is 5. The van der Waals surface area contributed by atoms with E-state index in [9.17, 15) is 0 Å². The van der Waals surface area contributed by atoms with E-state index in [2.05, 4.69) is 22.2 Å². The third-order valence-electron chi connectivity index (χ3n) is 2.64. The molecular weight excluding hydrogens is 258 g/mol. The highest BCUT2D eigenvalue weighted by Crippen LogP contribution is 2.32. The van der Waals surface area contributed by atoms with Crippen LogP contribution in [0.1, 0.15) is 12.5 Å². The van der Waals surface area contributed by atoms with Crippen molar-refractivity contribution in [3.8, 4) is 5.75 Å². The van der Waals surface area contributed by atoms with Crippen LogP contribution in [0.25, 0.3) is 0 Å². The molecule has 0 amide bonds. The van der Waals surface area contributed by atoms with Gasteiger partial charge in [-0.05, 0) is 32.0 Å². The minimum Gasteiger partial charge on any atom is -0.497 e. The molecule has 0 aliphatic heterocycles. The Morgan fingerprint density at radius 2 is 2.16 bits per heavy atom. The third-order valence-corrected chi connectivity index (χ3v) is 3.73. The molecule has 100 valence electrons. The van der Waals surface area contributed by atoms with Gasteiger partial charge in [-0.3, -0.25) is 0 Å². The summed E-state index contributed by atoms with van der Waals surface area (Å²) >= 11 is 1.61. The lowest BCUT2D eigenvalue weighted by Gasteiger charge is -2.10. The van der Waals surface area contributed by atoms with Crippen LogP contribution in [-0.4, -0.2) is 23.6 Å². The number of hydrogen-bond acceptors (Lipinski definition) is 5. The second-order valence-electron chi connectivity index (χ2n) is 3.96. The maximum atomic E-state index is 5.23. The van der Waals surface area contributed by atoms with Crippen molar-refractivity contribution in [1.29, 1.82) is 0 Å². The summed E-state index contributed by atoms with van der Waals surface area (Å²) in [5.74, 6) is 1.74. The van der Waals surface area contributed by atoms with Crippen molar-refractivity contribution >= 4 is 17.6 Å². The van der Waals surface area contributed by atoms with Gasteiger partial charge in [0.05, 0.1) is 7.11 Å². The van der Waals surface area contributed by atoms with Crippen LogP contribution in [0, 0.1) is 6.92 Å². The topological polar surface area (TPSA) is 47.0 Å². The van der Waals surface area contributed by atoms with Crippen LogP contribution < -0.4 is 10.1 Å². The number of anilines is 1. The Hall–Kier alpha value is -1.75. The second-order valence-corrected chi connectivity index (χ2v) is 5.03. The fourth-order valence-electron chi connectivity index (χ4n) is 1.66. The van der Waals surface area contributed by atoms with E-state index in [4.69, 9.17) is 4.74 Å². The quantitative estimate of drug-likeness (QED) is 0.848. The van der Waals surface area contributed by atoms with Crippen LogP contribution in [0.15, 0.2) is 40.5 Å². The van der Waals surface area contributed by atoms with Crippen LogP contribution in [-0.2, 0) is 0 Å². The fourth-order valence-corrected chi connectivity index (χ4v) is 2.55. The molecule has 2 aromatic rings. The molecule has 0 bridgehead atoms. The Morgan fingerprint density at radius 3 is 2.89 bits per heavy atom. The van der Waals surface area contributed by atoms with Gasteiger partial charge in [-0.1, -0.05) is 17.8 Å². The fraction of sp³-hybridized carbons (Fsp3) is 0.286. The second kappa shape index (κ2) is 6.43. The maximum Gasteiger partial charge on any atom is 0.133 e. The molecule has 0 radical (unpaired) electrons. The molecule has 1 N–H and O–H groups in total. The van der Waals surface area contributed by atoms with Crippen molar-refractivity contribution in [1.82, 2.24) is 9.97 Å². The number of nitrogens with one attached hydrogen (secondary N) is 1. The Kier molecular flexibility index (Phi) is 4.63. The first-order valence-corrected chi connectivity index (χ1v) is 6.93. The molecule has 1 heterocycles. The van der Waals surface area contributed by atoms with Crippen LogP contribution >= 0.6 is 11.8 Å². The van der Waals surface area contributed by atoms with Gasteiger partial charge in [0.25, 0.3) is 0 Å². The van der Waals surface area contributed by atoms with Crippen molar-refractivity contribution in [3.63, 3.8) is 0 Å². The largest absolute Gasteiger partial charge is 0.497 e. The lowest BCUT2D eigenvalue weighted by molar-refractivity contribution is 0.413. The number of ether oxygens (including phenoxy) is 1. The van der Waals surface area contributed by atoms with Gasteiger partial charge >= 0.3 is 0 Å². The molecule has 5 heteroatoms. The van der Waals surface area contributed by atoms with Crippen LogP contribution in [0.4, 0.5) is 5.82 Å². The number of benzene rings is 1. The first-order valence-electron chi connectivity index (χ1n) is 6.12. The summed E-state index contributed by atoms with van der Waals surface area (Å²) in [6.07, 6.45) is 1.59. The van der Waals surface area contributed by atoms with Crippen molar-refractivity contribution in [3.05, 3.63) is 36.2 Å². The third kappa shape index (κ3) is 3.38. The molecule has 0 unspecified atom stereocenters. The van der Waals surface area contributed by atoms with Crippen LogP contribution in [0.2, 0.25) is 0 Å². The van der Waals surface area contributed by atoms with Crippen molar-refractivity contribution < 1.29 is 4.74 Å². The molecule has 1 aromatic heterocycles. The zero-order chi connectivity index (χ0) is 13.7. The van der Waals surface area contributed by atoms with E-state index in [1.54, 1.807) is 25.2 Å². The van der Waals surface area contributed by atoms with Crippen molar-refractivity contribution in [2.75, 3.05) is 19.0 Å². The molecule has 0 spiro atoms. The Morgan fingerprint density at radius 1 is 1.32 bits per heavy atom. The predicted octanol–water partition coefficient (Wildman–Crippen LogP) is 3.38. The first-order chi connectivity index (χ1) is 9.24. The summed E-state index contributed by atoms with van der Waals surface area (Å²) in [7, 11) is 1.67. The maximum absolute atomic E-state index is 5.23. The lowest BCUT2D eigenvalue weighted by Crippen LogP contribution is -2.03. The monoisotopic (exact) mass is 275 g/mol. The zero-order valence-electron chi connectivity index (χ0n) is 11.3. The summed E-state index contributed by atoms with van der Waals surface area (Å²) < 4.78 is 5.23. The zero-order valence-corrected chi connectivity index (χ0v) is 12.1. The predicted molar refractivity (Wildman–Crippen MR) is 78.0 cm³/mol. The molecule has 1 aromatic carbocycles. The summed E-state index contributed by atoms with van der Waals surface area (Å²) in [6, 6.07) is 7.95. The Labute approximate surface area is 117 Å². The first kappa shape index (κ1) is 13.7. The van der Waals surface area contributed by atoms with E-state index in [0.29, 0.717) is 0 Å². The highest BCUT2D eigenvalue weighted by Gasteiger charge is 2.08. The molecule has 0 saturated heterocycles. The van der Waals surface area contributed by atoms with Gasteiger partial charge < -0.3 is 10.1 Å². The van der Waals surface area contributed by atoms with Crippen LogP contribution in [0.5, 0.6) is 5.75 Å². The molecule has 0 fully saturated rings. The minimum absolute atomic E-state index is 0.848. The summed E-state index contributed by atoms with van der Waals surface area (Å²) in [5, 5.41) is 4.19. The van der Waals surface area contributed by atoms with E-state index in [0.717, 1.165) is 33.6 Å². The smallest absolute Gasteiger partial charge is 0.133 e. The minimum atomic E-state index is 0.848. The van der Waals surface area contributed by atoms with Crippen molar-refractivity contribution in [2.45, 2.75) is 23.8 Å². The normalized spacial score (nSPS) is 10.3. The van der Waals surface area contributed by atoms with E-state index < -0.39 is 0 Å². The SMILES string of the molecule is CCNc1ncnc(Sc2cccc(OC)c2)c1C. The van der Waals surface area contributed by atoms with E-state index in [1.807, 2.05) is 31.2 Å². The number of aromatic nitrogens is 2. The number of methoxy groups -OCH3 is 1. The number of hydrogen-bond donors (Lipinski definition) is 1. The highest BCUT2D eigenvalue weighted by molar-refractivity contribution is 7.99. The van der Waals surface area contributed by atoms with Crippen molar-refractivity contribution in [2.24, 2.45) is 0 Å². The molecule has 0 aliphatic carbocycles. The average molecular weight is 275 g/mol. The van der Waals surface area contributed by atoms with E-state index >= 15 is 0 Å². The summed E-state index contributed by atoms with van der Waals surface area (Å²) in [4.78, 5) is 9.69. The van der Waals surface area contributed by atoms with Gasteiger partial charge in [-0.15, -0.1) is 0 Å². The average Bonchev–Trinajstić information content (AvgIpc) is 2.44. The van der Waals surface area contributed by atoms with Gasteiger partial charge in [0.1, 0.15) is 22.9 Å². The summed E-state index contributed by atoms with van der Waals surface area (Å²) in [6.45, 7) is 4.93. The van der Waals surface area contributed by atoms with E-state index in [1.165, 1.54) is 0 Å². The summed E-state index contributed by atoms with van der Waals surface area (Å²) in [5.41, 5.74) is 1.07. The standard InChI is InChI=1S/C14H17N3OS/c1-4-15-13-10(2)14(17-9-16-13)19-12-7-5-6-11(8-12)18-3/h5-9H,4H2,1-3H3,(H,15,16,17). The molecule has 19 heavy (non-hydrogen) atoms. The van der Waals surface area contributed by atoms with Gasteiger partial charge in [-0.2, -0.15) is 0 Å². The van der Waals surface area contributed by atoms with Gasteiger partial charge in [0.15, 0.2) is 0 Å². The van der Waals surface area contributed by atoms with E-state index in [-0.39, 0.29) is 0 Å². The Bertz CT molecular complexity index is 560. The molecule has 2 rings (SSSR count). The number of nitrogens with zero attached hydrogens (tertiary/aromatic N) is 2. The van der Waals surface area contributed by atoms with Gasteiger partial charge in [-0.25, -0.2) is 9.97 Å². The molecule has 0 saturated carbocycles. The van der Waals surface area contributed by atoms with Gasteiger partial charge in [0.2, 0.25) is 0 Å². The molecule has 0 aliphatic rings. The highest BCUT2D eigenvalue weighted by atomic mass is 32.2. The Balaban J connectivity index is 2.25. The lowest BCUT2D eigenvalue weighted by atomic mass is 10.3. The molecule has 0 atom stereocenters. The molecular formula is C14H17N3OS.